The molecule has 1 N–H and O–H groups in total. The molecular weight excluding hydrogens is 240 g/mol. The minimum Gasteiger partial charge on any atom is -0.374 e. The summed E-state index contributed by atoms with van der Waals surface area (Å²) in [6.07, 6.45) is 5.47. The molecule has 1 saturated heterocycles. The maximum absolute atomic E-state index is 5.95. The summed E-state index contributed by atoms with van der Waals surface area (Å²) < 4.78 is 7.98. The number of nitrogens with zero attached hydrogens (tertiary/aromatic N) is 3. The number of morpholine rings is 1. The fourth-order valence-corrected chi connectivity index (χ4v) is 2.67. The lowest BCUT2D eigenvalue weighted by Gasteiger charge is -2.38. The lowest BCUT2D eigenvalue weighted by molar-refractivity contribution is -0.0611. The van der Waals surface area contributed by atoms with Crippen LogP contribution in [0.2, 0.25) is 0 Å². The van der Waals surface area contributed by atoms with Gasteiger partial charge in [-0.15, -0.1) is 0 Å². The van der Waals surface area contributed by atoms with Gasteiger partial charge in [0.25, 0.3) is 0 Å². The van der Waals surface area contributed by atoms with Crippen LogP contribution in [0, 0.1) is 0 Å². The van der Waals surface area contributed by atoms with Crippen molar-refractivity contribution >= 4 is 0 Å². The van der Waals surface area contributed by atoms with Gasteiger partial charge in [0, 0.05) is 31.4 Å². The van der Waals surface area contributed by atoms with Crippen molar-refractivity contribution in [1.82, 2.24) is 20.0 Å². The zero-order chi connectivity index (χ0) is 13.7. The van der Waals surface area contributed by atoms with Crippen molar-refractivity contribution in [3.8, 4) is 0 Å². The second-order valence-electron chi connectivity index (χ2n) is 5.18. The zero-order valence-electron chi connectivity index (χ0n) is 12.3. The molecular formula is C14H26N4O. The molecule has 108 valence electrons. The first-order valence-corrected chi connectivity index (χ1v) is 7.31. The topological polar surface area (TPSA) is 42.3 Å². The Morgan fingerprint density at radius 2 is 2.32 bits per heavy atom. The van der Waals surface area contributed by atoms with Gasteiger partial charge in [0.15, 0.2) is 0 Å². The maximum atomic E-state index is 5.95. The Morgan fingerprint density at radius 1 is 1.47 bits per heavy atom. The second kappa shape index (κ2) is 7.03. The van der Waals surface area contributed by atoms with Gasteiger partial charge in [-0.25, -0.2) is 0 Å². The summed E-state index contributed by atoms with van der Waals surface area (Å²) in [5.74, 6) is 0. The SMILES string of the molecule is CCCn1cc(C2C(CNCC)OCCN2C)cn1. The third kappa shape index (κ3) is 3.55. The highest BCUT2D eigenvalue weighted by Crippen LogP contribution is 2.27. The standard InChI is InChI=1S/C14H26N4O/c1-4-6-18-11-12(9-16-18)14-13(10-15-5-2)19-8-7-17(14)3/h9,11,13-15H,4-8,10H2,1-3H3. The highest BCUT2D eigenvalue weighted by atomic mass is 16.5. The van der Waals surface area contributed by atoms with Crippen molar-refractivity contribution in [3.63, 3.8) is 0 Å². The minimum atomic E-state index is 0.206. The fourth-order valence-electron chi connectivity index (χ4n) is 2.67. The van der Waals surface area contributed by atoms with Gasteiger partial charge in [-0.1, -0.05) is 13.8 Å². The first kappa shape index (κ1) is 14.5. The Labute approximate surface area is 115 Å². The van der Waals surface area contributed by atoms with E-state index in [0.29, 0.717) is 6.04 Å². The smallest absolute Gasteiger partial charge is 0.0897 e. The summed E-state index contributed by atoms with van der Waals surface area (Å²) in [7, 11) is 2.17. The predicted octanol–water partition coefficient (Wildman–Crippen LogP) is 1.27. The van der Waals surface area contributed by atoms with E-state index in [2.05, 4.69) is 42.4 Å². The monoisotopic (exact) mass is 266 g/mol. The third-order valence-corrected chi connectivity index (χ3v) is 3.65. The normalized spacial score (nSPS) is 24.8. The molecule has 1 aliphatic heterocycles. The molecule has 2 atom stereocenters. The number of aromatic nitrogens is 2. The average Bonchev–Trinajstić information content (AvgIpc) is 2.85. The van der Waals surface area contributed by atoms with Crippen LogP contribution in [-0.4, -0.2) is 54.1 Å². The van der Waals surface area contributed by atoms with Gasteiger partial charge in [0.05, 0.1) is 24.9 Å². The zero-order valence-corrected chi connectivity index (χ0v) is 12.3. The number of ether oxygens (including phenoxy) is 1. The van der Waals surface area contributed by atoms with E-state index in [-0.39, 0.29) is 6.10 Å². The van der Waals surface area contributed by atoms with E-state index in [1.54, 1.807) is 0 Å². The van der Waals surface area contributed by atoms with Gasteiger partial charge in [-0.2, -0.15) is 5.10 Å². The van der Waals surface area contributed by atoms with Crippen LogP contribution in [0.5, 0.6) is 0 Å². The van der Waals surface area contributed by atoms with E-state index in [4.69, 9.17) is 4.74 Å². The van der Waals surface area contributed by atoms with Crippen LogP contribution in [-0.2, 0) is 11.3 Å². The number of likely N-dealkylation sites (N-methyl/N-ethyl adjacent to an activating group) is 2. The molecule has 1 aromatic rings. The molecule has 5 nitrogen and oxygen atoms in total. The Bertz CT molecular complexity index is 379. The molecule has 1 aromatic heterocycles. The summed E-state index contributed by atoms with van der Waals surface area (Å²) >= 11 is 0. The number of nitrogens with one attached hydrogen (secondary N) is 1. The Morgan fingerprint density at radius 3 is 3.05 bits per heavy atom. The predicted molar refractivity (Wildman–Crippen MR) is 76.2 cm³/mol. The maximum Gasteiger partial charge on any atom is 0.0897 e. The van der Waals surface area contributed by atoms with Crippen molar-refractivity contribution < 1.29 is 4.74 Å². The minimum absolute atomic E-state index is 0.206. The lowest BCUT2D eigenvalue weighted by atomic mass is 10.0. The molecule has 1 fully saturated rings. The molecule has 2 heterocycles. The Kier molecular flexibility index (Phi) is 5.36. The van der Waals surface area contributed by atoms with E-state index in [1.165, 1.54) is 5.56 Å². The largest absolute Gasteiger partial charge is 0.374 e. The van der Waals surface area contributed by atoms with Crippen LogP contribution in [0.15, 0.2) is 12.4 Å². The molecule has 19 heavy (non-hydrogen) atoms. The van der Waals surface area contributed by atoms with Crippen LogP contribution in [0.3, 0.4) is 0 Å². The average molecular weight is 266 g/mol. The van der Waals surface area contributed by atoms with Gasteiger partial charge in [0.1, 0.15) is 0 Å². The molecule has 1 aliphatic rings. The van der Waals surface area contributed by atoms with Crippen LogP contribution in [0.25, 0.3) is 0 Å². The van der Waals surface area contributed by atoms with Crippen molar-refractivity contribution in [1.29, 1.82) is 0 Å². The molecule has 0 amide bonds. The second-order valence-corrected chi connectivity index (χ2v) is 5.18. The Balaban J connectivity index is 2.10. The van der Waals surface area contributed by atoms with Gasteiger partial charge in [-0.3, -0.25) is 9.58 Å². The van der Waals surface area contributed by atoms with Gasteiger partial charge >= 0.3 is 0 Å². The van der Waals surface area contributed by atoms with E-state index >= 15 is 0 Å². The van der Waals surface area contributed by atoms with Gasteiger partial charge in [-0.05, 0) is 20.0 Å². The summed E-state index contributed by atoms with van der Waals surface area (Å²) in [4.78, 5) is 2.37. The highest BCUT2D eigenvalue weighted by Gasteiger charge is 2.31. The number of aryl methyl sites for hydroxylation is 1. The highest BCUT2D eigenvalue weighted by molar-refractivity contribution is 5.14. The van der Waals surface area contributed by atoms with Crippen LogP contribution < -0.4 is 5.32 Å². The summed E-state index contributed by atoms with van der Waals surface area (Å²) in [5.41, 5.74) is 1.26. The van der Waals surface area contributed by atoms with E-state index in [0.717, 1.165) is 39.2 Å². The molecule has 0 bridgehead atoms. The molecule has 0 aromatic carbocycles. The van der Waals surface area contributed by atoms with E-state index in [9.17, 15) is 0 Å². The van der Waals surface area contributed by atoms with Crippen molar-refractivity contribution in [2.45, 2.75) is 39.0 Å². The van der Waals surface area contributed by atoms with Crippen molar-refractivity contribution in [2.75, 3.05) is 33.3 Å². The fraction of sp³-hybridized carbons (Fsp3) is 0.786. The van der Waals surface area contributed by atoms with E-state index in [1.807, 2.05) is 10.9 Å². The third-order valence-electron chi connectivity index (χ3n) is 3.65. The first-order valence-electron chi connectivity index (χ1n) is 7.31. The van der Waals surface area contributed by atoms with Crippen LogP contribution in [0.4, 0.5) is 0 Å². The lowest BCUT2D eigenvalue weighted by Crippen LogP contribution is -2.47. The number of hydrogen-bond acceptors (Lipinski definition) is 4. The molecule has 5 heteroatoms. The number of hydrogen-bond donors (Lipinski definition) is 1. The summed E-state index contributed by atoms with van der Waals surface area (Å²) in [6.45, 7) is 8.94. The molecule has 0 spiro atoms. The number of rotatable bonds is 6. The van der Waals surface area contributed by atoms with E-state index < -0.39 is 0 Å². The van der Waals surface area contributed by atoms with Crippen LogP contribution in [0.1, 0.15) is 31.9 Å². The quantitative estimate of drug-likeness (QED) is 0.842. The first-order chi connectivity index (χ1) is 9.26. The van der Waals surface area contributed by atoms with Crippen molar-refractivity contribution in [2.24, 2.45) is 0 Å². The Hall–Kier alpha value is -0.910. The summed E-state index contributed by atoms with van der Waals surface area (Å²) in [6, 6.07) is 0.304. The van der Waals surface area contributed by atoms with Gasteiger partial charge < -0.3 is 10.1 Å². The summed E-state index contributed by atoms with van der Waals surface area (Å²) in [5, 5.41) is 7.84. The molecule has 2 unspecified atom stereocenters. The van der Waals surface area contributed by atoms with Crippen LogP contribution >= 0.6 is 0 Å². The molecule has 0 saturated carbocycles. The van der Waals surface area contributed by atoms with Crippen molar-refractivity contribution in [3.05, 3.63) is 18.0 Å². The molecule has 2 rings (SSSR count). The van der Waals surface area contributed by atoms with Gasteiger partial charge in [0.2, 0.25) is 0 Å². The molecule has 0 radical (unpaired) electrons. The molecule has 0 aliphatic carbocycles.